The summed E-state index contributed by atoms with van der Waals surface area (Å²) in [5.74, 6) is 3.21. The third kappa shape index (κ3) is 8.19. The fraction of sp³-hybridized carbons (Fsp3) is 0.611. The van der Waals surface area contributed by atoms with Crippen LogP contribution >= 0.6 is 0 Å². The number of carbonyl (C=O) groups is 1. The summed E-state index contributed by atoms with van der Waals surface area (Å²) in [6.45, 7) is 12.9. The Kier molecular flexibility index (Phi) is 11.0. The average molecular weight is 660 g/mol. The van der Waals surface area contributed by atoms with Crippen LogP contribution in [-0.2, 0) is 0 Å². The van der Waals surface area contributed by atoms with Crippen LogP contribution in [0.3, 0.4) is 0 Å². The Morgan fingerprint density at radius 2 is 1.85 bits per heavy atom. The Morgan fingerprint density at radius 3 is 2.65 bits per heavy atom. The first kappa shape index (κ1) is 34.0. The SMILES string of the molecule is CC(C)N(C(=O)c1cc(F)ccc1Oc1nncnc1N1CC[C@@H](CN2CCC3CCC(Nc4cnccn4)CCCC3C2)C1)C(C)C. The number of fused-ring (bicyclic) bond motifs is 1. The van der Waals surface area contributed by atoms with E-state index in [9.17, 15) is 9.18 Å². The summed E-state index contributed by atoms with van der Waals surface area (Å²) in [6.07, 6.45) is 15.2. The third-order valence-corrected chi connectivity index (χ3v) is 10.3. The van der Waals surface area contributed by atoms with E-state index < -0.39 is 5.82 Å². The van der Waals surface area contributed by atoms with Gasteiger partial charge in [0.05, 0.1) is 11.8 Å². The van der Waals surface area contributed by atoms with Crippen LogP contribution in [0.2, 0.25) is 0 Å². The molecule has 48 heavy (non-hydrogen) atoms. The van der Waals surface area contributed by atoms with Crippen molar-refractivity contribution < 1.29 is 13.9 Å². The number of piperidine rings is 1. The van der Waals surface area contributed by atoms with Crippen LogP contribution < -0.4 is 15.0 Å². The molecule has 3 fully saturated rings. The van der Waals surface area contributed by atoms with Gasteiger partial charge in [-0.05, 0) is 109 Å². The van der Waals surface area contributed by atoms with Crippen molar-refractivity contribution in [1.29, 1.82) is 0 Å². The number of hydrogen-bond acceptors (Lipinski definition) is 10. The molecule has 3 aliphatic rings. The van der Waals surface area contributed by atoms with Crippen molar-refractivity contribution in [3.63, 3.8) is 0 Å². The van der Waals surface area contributed by atoms with Crippen molar-refractivity contribution in [3.8, 4) is 11.6 Å². The minimum absolute atomic E-state index is 0.0629. The van der Waals surface area contributed by atoms with Crippen LogP contribution in [0, 0.1) is 23.6 Å². The summed E-state index contributed by atoms with van der Waals surface area (Å²) in [5.41, 5.74) is 0.156. The highest BCUT2D eigenvalue weighted by Gasteiger charge is 2.34. The molecule has 12 heteroatoms. The lowest BCUT2D eigenvalue weighted by Crippen LogP contribution is -2.44. The van der Waals surface area contributed by atoms with E-state index in [-0.39, 0.29) is 35.2 Å². The normalized spacial score (nSPS) is 23.4. The highest BCUT2D eigenvalue weighted by Crippen LogP contribution is 2.37. The monoisotopic (exact) mass is 659 g/mol. The second kappa shape index (κ2) is 15.5. The smallest absolute Gasteiger partial charge is 0.282 e. The van der Waals surface area contributed by atoms with Crippen molar-refractivity contribution >= 4 is 17.5 Å². The van der Waals surface area contributed by atoms with Crippen LogP contribution in [0.1, 0.15) is 83.0 Å². The van der Waals surface area contributed by atoms with Gasteiger partial charge in [-0.3, -0.25) is 9.78 Å². The number of rotatable bonds is 10. The summed E-state index contributed by atoms with van der Waals surface area (Å²) in [5, 5.41) is 11.9. The molecule has 0 bridgehead atoms. The van der Waals surface area contributed by atoms with Gasteiger partial charge in [-0.15, -0.1) is 10.2 Å². The van der Waals surface area contributed by atoms with E-state index in [1.165, 1.54) is 69.6 Å². The van der Waals surface area contributed by atoms with Crippen molar-refractivity contribution in [3.05, 3.63) is 54.5 Å². The summed E-state index contributed by atoms with van der Waals surface area (Å²) in [6, 6.07) is 4.36. The van der Waals surface area contributed by atoms with Gasteiger partial charge in [0.15, 0.2) is 5.82 Å². The first-order valence-corrected chi connectivity index (χ1v) is 17.7. The fourth-order valence-electron chi connectivity index (χ4n) is 8.09. The number of carbonyl (C=O) groups excluding carboxylic acids is 1. The zero-order valence-electron chi connectivity index (χ0n) is 28.8. The Balaban J connectivity index is 1.06. The van der Waals surface area contributed by atoms with E-state index in [4.69, 9.17) is 4.74 Å². The number of halogens is 1. The molecule has 1 amide bonds. The van der Waals surface area contributed by atoms with E-state index in [0.29, 0.717) is 17.8 Å². The molecule has 1 N–H and O–H groups in total. The van der Waals surface area contributed by atoms with E-state index >= 15 is 0 Å². The zero-order chi connectivity index (χ0) is 33.6. The first-order valence-electron chi connectivity index (χ1n) is 17.7. The molecule has 11 nitrogen and oxygen atoms in total. The highest BCUT2D eigenvalue weighted by molar-refractivity contribution is 5.97. The third-order valence-electron chi connectivity index (χ3n) is 10.3. The fourth-order valence-corrected chi connectivity index (χ4v) is 8.09. The quantitative estimate of drug-likeness (QED) is 0.276. The summed E-state index contributed by atoms with van der Waals surface area (Å²) in [7, 11) is 0. The molecule has 2 aliphatic heterocycles. The van der Waals surface area contributed by atoms with E-state index in [0.717, 1.165) is 50.3 Å². The molecule has 1 aliphatic carbocycles. The lowest BCUT2D eigenvalue weighted by molar-refractivity contribution is 0.0640. The van der Waals surface area contributed by atoms with Crippen LogP contribution in [0.25, 0.3) is 0 Å². The molecule has 0 spiro atoms. The van der Waals surface area contributed by atoms with Crippen molar-refractivity contribution in [2.75, 3.05) is 42.9 Å². The summed E-state index contributed by atoms with van der Waals surface area (Å²) >= 11 is 0. The number of ether oxygens (including phenoxy) is 1. The lowest BCUT2D eigenvalue weighted by atomic mass is 9.76. The van der Waals surface area contributed by atoms with Gasteiger partial charge < -0.3 is 24.8 Å². The molecule has 2 saturated heterocycles. The summed E-state index contributed by atoms with van der Waals surface area (Å²) in [4.78, 5) is 33.4. The molecule has 258 valence electrons. The first-order chi connectivity index (χ1) is 23.2. The largest absolute Gasteiger partial charge is 0.434 e. The Bertz CT molecular complexity index is 1500. The Hall–Kier alpha value is -3.93. The molecular weight excluding hydrogens is 609 g/mol. The van der Waals surface area contributed by atoms with E-state index in [2.05, 4.69) is 40.3 Å². The van der Waals surface area contributed by atoms with Crippen molar-refractivity contribution in [2.24, 2.45) is 17.8 Å². The van der Waals surface area contributed by atoms with E-state index in [1.54, 1.807) is 17.3 Å². The number of nitrogens with zero attached hydrogens (tertiary/aromatic N) is 8. The molecule has 2 aromatic heterocycles. The zero-order valence-corrected chi connectivity index (χ0v) is 28.8. The van der Waals surface area contributed by atoms with Crippen LogP contribution in [0.15, 0.2) is 43.1 Å². The standard InChI is InChI=1S/C36H50FN9O2/c1-24(2)46(25(3)4)36(47)31-18-29(37)9-11-32(31)48-35-34(40-23-41-43-35)45-17-12-26(21-45)20-44-16-13-27-8-10-30(7-5-6-28(27)22-44)42-33-19-38-14-15-39-33/h9,11,14-15,18-19,23-28,30H,5-8,10,12-13,16-17,20-22H2,1-4H3,(H,39,42)/t26-,27?,28?,30?/m0/s1. The van der Waals surface area contributed by atoms with Gasteiger partial charge in [0.25, 0.3) is 11.8 Å². The highest BCUT2D eigenvalue weighted by atomic mass is 19.1. The number of nitrogens with one attached hydrogen (secondary N) is 1. The predicted molar refractivity (Wildman–Crippen MR) is 184 cm³/mol. The van der Waals surface area contributed by atoms with Gasteiger partial charge in [0.1, 0.15) is 23.7 Å². The second-order valence-corrected chi connectivity index (χ2v) is 14.3. The van der Waals surface area contributed by atoms with Gasteiger partial charge in [-0.1, -0.05) is 6.42 Å². The molecule has 6 rings (SSSR count). The molecule has 1 saturated carbocycles. The number of hydrogen-bond donors (Lipinski definition) is 1. The molecule has 4 heterocycles. The van der Waals surface area contributed by atoms with Gasteiger partial charge in [0, 0.05) is 56.7 Å². The van der Waals surface area contributed by atoms with Crippen LogP contribution in [-0.4, -0.2) is 91.7 Å². The minimum Gasteiger partial charge on any atom is -0.434 e. The Labute approximate surface area is 283 Å². The number of aromatic nitrogens is 5. The maximum absolute atomic E-state index is 14.4. The molecule has 4 atom stereocenters. The predicted octanol–water partition coefficient (Wildman–Crippen LogP) is 6.06. The number of likely N-dealkylation sites (tertiary alicyclic amines) is 1. The Morgan fingerprint density at radius 1 is 1.00 bits per heavy atom. The van der Waals surface area contributed by atoms with Gasteiger partial charge in [0.2, 0.25) is 0 Å². The molecule has 1 aromatic carbocycles. The maximum Gasteiger partial charge on any atom is 0.282 e. The molecule has 3 unspecified atom stereocenters. The summed E-state index contributed by atoms with van der Waals surface area (Å²) < 4.78 is 20.6. The van der Waals surface area contributed by atoms with Gasteiger partial charge in [-0.25, -0.2) is 14.4 Å². The number of benzene rings is 1. The molecule has 3 aromatic rings. The molecule has 0 radical (unpaired) electrons. The van der Waals surface area contributed by atoms with Gasteiger partial charge in [-0.2, -0.15) is 0 Å². The minimum atomic E-state index is -0.499. The van der Waals surface area contributed by atoms with Crippen LogP contribution in [0.5, 0.6) is 11.6 Å². The topological polar surface area (TPSA) is 112 Å². The van der Waals surface area contributed by atoms with Gasteiger partial charge >= 0.3 is 0 Å². The number of anilines is 2. The average Bonchev–Trinajstić information content (AvgIpc) is 3.52. The van der Waals surface area contributed by atoms with Crippen LogP contribution in [0.4, 0.5) is 16.0 Å². The van der Waals surface area contributed by atoms with Crippen molar-refractivity contribution in [1.82, 2.24) is 34.9 Å². The van der Waals surface area contributed by atoms with Crippen molar-refractivity contribution in [2.45, 2.75) is 90.8 Å². The lowest BCUT2D eigenvalue weighted by Gasteiger charge is -2.41. The number of amides is 1. The molecular formula is C36H50FN9O2. The second-order valence-electron chi connectivity index (χ2n) is 14.3. The van der Waals surface area contributed by atoms with E-state index in [1.807, 2.05) is 33.9 Å². The maximum atomic E-state index is 14.4.